The number of benzene rings is 1. The van der Waals surface area contributed by atoms with Crippen molar-refractivity contribution in [3.8, 4) is 0 Å². The Bertz CT molecular complexity index is 556. The van der Waals surface area contributed by atoms with Crippen molar-refractivity contribution in [3.63, 3.8) is 0 Å². The Morgan fingerprint density at radius 3 is 2.75 bits per heavy atom. The molecule has 6 nitrogen and oxygen atoms in total. The van der Waals surface area contributed by atoms with E-state index in [1.807, 2.05) is 12.2 Å². The van der Waals surface area contributed by atoms with Crippen molar-refractivity contribution in [2.24, 2.45) is 11.7 Å². The van der Waals surface area contributed by atoms with Crippen LogP contribution in [0.4, 0.5) is 5.69 Å². The average molecular weight is 275 g/mol. The number of amides is 1. The number of hydrogen-bond donors (Lipinski definition) is 1. The normalized spacial score (nSPS) is 20.9. The van der Waals surface area contributed by atoms with E-state index in [4.69, 9.17) is 5.73 Å². The number of rotatable bonds is 4. The summed E-state index contributed by atoms with van der Waals surface area (Å²) in [6, 6.07) is 6.37. The van der Waals surface area contributed by atoms with Gasteiger partial charge in [0.2, 0.25) is 5.91 Å². The molecule has 0 aliphatic heterocycles. The number of nitrogens with two attached hydrogens (primary N) is 1. The zero-order chi connectivity index (χ0) is 14.7. The van der Waals surface area contributed by atoms with Crippen molar-refractivity contribution in [1.29, 1.82) is 0 Å². The van der Waals surface area contributed by atoms with Gasteiger partial charge < -0.3 is 10.6 Å². The van der Waals surface area contributed by atoms with Gasteiger partial charge in [0.15, 0.2) is 0 Å². The Labute approximate surface area is 117 Å². The molecule has 0 saturated carbocycles. The Morgan fingerprint density at radius 2 is 2.15 bits per heavy atom. The molecule has 2 atom stereocenters. The summed E-state index contributed by atoms with van der Waals surface area (Å²) in [7, 11) is 1.65. The molecule has 1 amide bonds. The highest BCUT2D eigenvalue weighted by Gasteiger charge is 2.26. The number of nitrogens with zero attached hydrogens (tertiary/aromatic N) is 2. The second-order valence-corrected chi connectivity index (χ2v) is 4.97. The largest absolute Gasteiger partial charge is 0.341 e. The minimum atomic E-state index is -0.432. The lowest BCUT2D eigenvalue weighted by Gasteiger charge is -2.20. The molecule has 0 aromatic heterocycles. The fourth-order valence-electron chi connectivity index (χ4n) is 2.35. The van der Waals surface area contributed by atoms with Gasteiger partial charge in [0.05, 0.1) is 17.4 Å². The zero-order valence-corrected chi connectivity index (χ0v) is 11.2. The van der Waals surface area contributed by atoms with Gasteiger partial charge >= 0.3 is 0 Å². The van der Waals surface area contributed by atoms with Gasteiger partial charge in [-0.2, -0.15) is 0 Å². The van der Waals surface area contributed by atoms with E-state index in [1.165, 1.54) is 11.0 Å². The van der Waals surface area contributed by atoms with Gasteiger partial charge in [0.1, 0.15) is 0 Å². The number of para-hydroxylation sites is 1. The third-order valence-corrected chi connectivity index (χ3v) is 3.41. The highest BCUT2D eigenvalue weighted by Crippen LogP contribution is 2.22. The summed E-state index contributed by atoms with van der Waals surface area (Å²) in [6.07, 6.45) is 4.23. The Balaban J connectivity index is 2.08. The van der Waals surface area contributed by atoms with Crippen molar-refractivity contribution >= 4 is 11.6 Å². The first kappa shape index (κ1) is 14.2. The molecule has 0 heterocycles. The van der Waals surface area contributed by atoms with E-state index in [1.54, 1.807) is 25.2 Å². The van der Waals surface area contributed by atoms with Gasteiger partial charge in [-0.3, -0.25) is 14.9 Å². The second-order valence-electron chi connectivity index (χ2n) is 4.97. The molecule has 0 spiro atoms. The van der Waals surface area contributed by atoms with Crippen LogP contribution in [0.5, 0.6) is 0 Å². The summed E-state index contributed by atoms with van der Waals surface area (Å²) in [6.45, 7) is 0.218. The minimum Gasteiger partial charge on any atom is -0.341 e. The first-order valence-electron chi connectivity index (χ1n) is 6.40. The van der Waals surface area contributed by atoms with Crippen LogP contribution < -0.4 is 5.73 Å². The van der Waals surface area contributed by atoms with E-state index in [0.717, 1.165) is 0 Å². The molecule has 1 aromatic rings. The molecule has 2 unspecified atom stereocenters. The van der Waals surface area contributed by atoms with Crippen molar-refractivity contribution < 1.29 is 9.72 Å². The van der Waals surface area contributed by atoms with Crippen molar-refractivity contribution in [2.45, 2.75) is 19.0 Å². The van der Waals surface area contributed by atoms with Gasteiger partial charge in [0.25, 0.3) is 5.69 Å². The minimum absolute atomic E-state index is 0.0332. The smallest absolute Gasteiger partial charge is 0.274 e. The van der Waals surface area contributed by atoms with Crippen LogP contribution in [-0.4, -0.2) is 28.8 Å². The first-order chi connectivity index (χ1) is 9.49. The fraction of sp³-hybridized carbons (Fsp3) is 0.357. The number of hydrogen-bond acceptors (Lipinski definition) is 4. The van der Waals surface area contributed by atoms with Crippen molar-refractivity contribution in [1.82, 2.24) is 4.90 Å². The summed E-state index contributed by atoms with van der Waals surface area (Å²) < 4.78 is 0. The summed E-state index contributed by atoms with van der Waals surface area (Å²) in [5.41, 5.74) is 6.29. The Hall–Kier alpha value is -2.21. The fourth-order valence-corrected chi connectivity index (χ4v) is 2.35. The van der Waals surface area contributed by atoms with E-state index in [2.05, 4.69) is 0 Å². The second kappa shape index (κ2) is 5.83. The van der Waals surface area contributed by atoms with Crippen LogP contribution in [0.2, 0.25) is 0 Å². The summed E-state index contributed by atoms with van der Waals surface area (Å²) >= 11 is 0. The van der Waals surface area contributed by atoms with Gasteiger partial charge in [-0.1, -0.05) is 30.4 Å². The number of nitro groups is 1. The first-order valence-corrected chi connectivity index (χ1v) is 6.40. The molecule has 2 rings (SSSR count). The molecule has 0 radical (unpaired) electrons. The molecular weight excluding hydrogens is 258 g/mol. The predicted molar refractivity (Wildman–Crippen MR) is 74.8 cm³/mol. The van der Waals surface area contributed by atoms with E-state index in [-0.39, 0.29) is 30.1 Å². The predicted octanol–water partition coefficient (Wildman–Crippen LogP) is 1.46. The maximum atomic E-state index is 12.2. The highest BCUT2D eigenvalue weighted by atomic mass is 16.6. The Kier molecular flexibility index (Phi) is 4.14. The molecule has 1 aliphatic carbocycles. The van der Waals surface area contributed by atoms with Crippen LogP contribution in [0.3, 0.4) is 0 Å². The van der Waals surface area contributed by atoms with Crippen molar-refractivity contribution in [2.75, 3.05) is 7.05 Å². The standard InChI is InChI=1S/C14H17N3O3/c1-16(14(18)10-6-7-12(15)8-10)9-11-4-2-3-5-13(11)17(19)20/h2-7,10,12H,8-9,15H2,1H3. The van der Waals surface area contributed by atoms with E-state index in [9.17, 15) is 14.9 Å². The van der Waals surface area contributed by atoms with Gasteiger partial charge in [-0.15, -0.1) is 0 Å². The van der Waals surface area contributed by atoms with E-state index < -0.39 is 4.92 Å². The Morgan fingerprint density at radius 1 is 1.45 bits per heavy atom. The van der Waals surface area contributed by atoms with Crippen molar-refractivity contribution in [3.05, 3.63) is 52.1 Å². The summed E-state index contributed by atoms with van der Waals surface area (Å²) in [5, 5.41) is 10.9. The van der Waals surface area contributed by atoms with E-state index in [0.29, 0.717) is 12.0 Å². The maximum absolute atomic E-state index is 12.2. The lowest BCUT2D eigenvalue weighted by molar-refractivity contribution is -0.385. The average Bonchev–Trinajstić information content (AvgIpc) is 2.84. The quantitative estimate of drug-likeness (QED) is 0.511. The van der Waals surface area contributed by atoms with E-state index >= 15 is 0 Å². The number of nitro benzene ring substituents is 1. The number of carbonyl (C=O) groups excluding carboxylic acids is 1. The van der Waals surface area contributed by atoms with Crippen LogP contribution >= 0.6 is 0 Å². The summed E-state index contributed by atoms with van der Waals surface area (Å²) in [5.74, 6) is -0.287. The maximum Gasteiger partial charge on any atom is 0.274 e. The van der Waals surface area contributed by atoms with Crippen LogP contribution in [-0.2, 0) is 11.3 Å². The molecule has 1 aliphatic rings. The topological polar surface area (TPSA) is 89.5 Å². The van der Waals surface area contributed by atoms with Gasteiger partial charge in [-0.25, -0.2) is 0 Å². The van der Waals surface area contributed by atoms with Crippen LogP contribution in [0, 0.1) is 16.0 Å². The zero-order valence-electron chi connectivity index (χ0n) is 11.2. The highest BCUT2D eigenvalue weighted by molar-refractivity contribution is 5.81. The molecule has 2 N–H and O–H groups in total. The van der Waals surface area contributed by atoms with Gasteiger partial charge in [0, 0.05) is 24.7 Å². The lowest BCUT2D eigenvalue weighted by atomic mass is 10.1. The monoisotopic (exact) mass is 275 g/mol. The SMILES string of the molecule is CN(Cc1ccccc1[N+](=O)[O-])C(=O)C1C=CC(N)C1. The molecule has 0 saturated heterocycles. The molecule has 6 heteroatoms. The van der Waals surface area contributed by atoms with Crippen LogP contribution in [0.1, 0.15) is 12.0 Å². The summed E-state index contributed by atoms with van der Waals surface area (Å²) in [4.78, 5) is 24.3. The van der Waals surface area contributed by atoms with Crippen LogP contribution in [0.15, 0.2) is 36.4 Å². The van der Waals surface area contributed by atoms with Gasteiger partial charge in [-0.05, 0) is 6.42 Å². The molecule has 106 valence electrons. The molecule has 0 bridgehead atoms. The number of carbonyl (C=O) groups is 1. The molecule has 20 heavy (non-hydrogen) atoms. The van der Waals surface area contributed by atoms with Crippen LogP contribution in [0.25, 0.3) is 0 Å². The molecule has 1 aromatic carbocycles. The lowest BCUT2D eigenvalue weighted by Crippen LogP contribution is -2.32. The molecule has 0 fully saturated rings. The third kappa shape index (κ3) is 3.03. The third-order valence-electron chi connectivity index (χ3n) is 3.41. The molecular formula is C14H17N3O3.